The average Bonchev–Trinajstić information content (AvgIpc) is 2.88. The Hall–Kier alpha value is -2.35. The molecule has 0 aliphatic heterocycles. The van der Waals surface area contributed by atoms with Gasteiger partial charge < -0.3 is 4.42 Å². The number of furan rings is 1. The smallest absolute Gasteiger partial charge is 0.198 e. The highest BCUT2D eigenvalue weighted by Crippen LogP contribution is 2.37. The first-order chi connectivity index (χ1) is 9.83. The van der Waals surface area contributed by atoms with Gasteiger partial charge >= 0.3 is 0 Å². The topological polar surface area (TPSA) is 30.2 Å². The normalized spacial score (nSPS) is 18.2. The van der Waals surface area contributed by atoms with Gasteiger partial charge in [0.15, 0.2) is 11.5 Å². The third-order valence-corrected chi connectivity index (χ3v) is 4.10. The van der Waals surface area contributed by atoms with E-state index in [1.807, 2.05) is 42.5 Å². The first kappa shape index (κ1) is 11.5. The zero-order valence-electron chi connectivity index (χ0n) is 11.0. The maximum atomic E-state index is 12.3. The largest absolute Gasteiger partial charge is 0.453 e. The number of hydrogen-bond donors (Lipinski definition) is 0. The number of para-hydroxylation sites is 1. The summed E-state index contributed by atoms with van der Waals surface area (Å²) in [6, 6.07) is 18.2. The van der Waals surface area contributed by atoms with Crippen molar-refractivity contribution in [1.29, 1.82) is 0 Å². The van der Waals surface area contributed by atoms with E-state index in [1.165, 1.54) is 5.56 Å². The number of rotatable bonds is 1. The lowest BCUT2D eigenvalue weighted by Gasteiger charge is -2.20. The summed E-state index contributed by atoms with van der Waals surface area (Å²) in [5.74, 6) is 0.951. The summed E-state index contributed by atoms with van der Waals surface area (Å²) in [4.78, 5) is 12.3. The second-order valence-corrected chi connectivity index (χ2v) is 5.34. The molecule has 0 saturated heterocycles. The maximum absolute atomic E-state index is 12.3. The number of carbonyl (C=O) groups is 1. The van der Waals surface area contributed by atoms with Crippen LogP contribution in [0.5, 0.6) is 0 Å². The second-order valence-electron chi connectivity index (χ2n) is 5.34. The van der Waals surface area contributed by atoms with Crippen molar-refractivity contribution >= 4 is 16.8 Å². The third kappa shape index (κ3) is 1.68. The van der Waals surface area contributed by atoms with Gasteiger partial charge in [-0.1, -0.05) is 48.5 Å². The lowest BCUT2D eigenvalue weighted by molar-refractivity contribution is 0.0937. The summed E-state index contributed by atoms with van der Waals surface area (Å²) >= 11 is 0. The molecule has 20 heavy (non-hydrogen) atoms. The van der Waals surface area contributed by atoms with Crippen LogP contribution in [0, 0.1) is 0 Å². The Kier molecular flexibility index (Phi) is 2.49. The van der Waals surface area contributed by atoms with Gasteiger partial charge in [-0.3, -0.25) is 4.79 Å². The molecular weight excluding hydrogens is 248 g/mol. The molecule has 2 nitrogen and oxygen atoms in total. The number of Topliss-reactive ketones (excluding diaryl/α,β-unsaturated/α-hetero) is 1. The Balaban J connectivity index is 1.84. The van der Waals surface area contributed by atoms with Crippen LogP contribution in [0.1, 0.15) is 34.0 Å². The molecule has 0 bridgehead atoms. The van der Waals surface area contributed by atoms with Gasteiger partial charge in [0.2, 0.25) is 0 Å². The molecule has 4 rings (SSSR count). The van der Waals surface area contributed by atoms with Gasteiger partial charge in [0, 0.05) is 17.4 Å². The van der Waals surface area contributed by atoms with Crippen LogP contribution < -0.4 is 0 Å². The molecule has 1 aromatic heterocycles. The summed E-state index contributed by atoms with van der Waals surface area (Å²) in [6.45, 7) is 0. The van der Waals surface area contributed by atoms with E-state index in [0.717, 1.165) is 23.0 Å². The minimum absolute atomic E-state index is 0.122. The Morgan fingerprint density at radius 3 is 2.50 bits per heavy atom. The molecule has 1 unspecified atom stereocenters. The first-order valence-corrected chi connectivity index (χ1v) is 6.91. The highest BCUT2D eigenvalue weighted by atomic mass is 16.3. The number of fused-ring (bicyclic) bond motifs is 3. The summed E-state index contributed by atoms with van der Waals surface area (Å²) in [5.41, 5.74) is 3.13. The van der Waals surface area contributed by atoms with E-state index in [1.54, 1.807) is 0 Å². The lowest BCUT2D eigenvalue weighted by atomic mass is 9.81. The fraction of sp³-hybridized carbons (Fsp3) is 0.167. The van der Waals surface area contributed by atoms with Gasteiger partial charge in [-0.05, 0) is 24.0 Å². The molecule has 0 saturated carbocycles. The molecule has 1 aliphatic rings. The van der Waals surface area contributed by atoms with E-state index >= 15 is 0 Å². The van der Waals surface area contributed by atoms with Gasteiger partial charge in [0.05, 0.1) is 0 Å². The molecule has 3 aromatic rings. The van der Waals surface area contributed by atoms with Gasteiger partial charge in [0.1, 0.15) is 5.58 Å². The summed E-state index contributed by atoms with van der Waals surface area (Å²) in [7, 11) is 0. The van der Waals surface area contributed by atoms with E-state index in [2.05, 4.69) is 12.1 Å². The molecule has 0 N–H and O–H groups in total. The van der Waals surface area contributed by atoms with Gasteiger partial charge in [0.25, 0.3) is 0 Å². The molecule has 1 aliphatic carbocycles. The molecule has 2 heteroatoms. The highest BCUT2D eigenvalue weighted by molar-refractivity contribution is 6.02. The molecule has 2 aromatic carbocycles. The van der Waals surface area contributed by atoms with E-state index < -0.39 is 0 Å². The molecule has 0 radical (unpaired) electrons. The number of ketones is 1. The molecule has 1 atom stereocenters. The standard InChI is InChI=1S/C18H14O2/c19-16-11-13(12-6-2-1-3-7-12)10-15-14-8-4-5-9-17(14)20-18(15)16/h1-9,13H,10-11H2. The SMILES string of the molecule is O=C1CC(c2ccccc2)Cc2c1oc1ccccc21. The summed E-state index contributed by atoms with van der Waals surface area (Å²) < 4.78 is 5.74. The molecule has 0 fully saturated rings. The van der Waals surface area contributed by atoms with E-state index in [9.17, 15) is 4.79 Å². The fourth-order valence-electron chi connectivity index (χ4n) is 3.12. The maximum Gasteiger partial charge on any atom is 0.198 e. The lowest BCUT2D eigenvalue weighted by Crippen LogP contribution is -2.17. The predicted molar refractivity (Wildman–Crippen MR) is 78.0 cm³/mol. The van der Waals surface area contributed by atoms with Gasteiger partial charge in [-0.2, -0.15) is 0 Å². The van der Waals surface area contributed by atoms with Crippen LogP contribution in [-0.2, 0) is 6.42 Å². The van der Waals surface area contributed by atoms with Gasteiger partial charge in [-0.25, -0.2) is 0 Å². The molecule has 0 spiro atoms. The predicted octanol–water partition coefficient (Wildman–Crippen LogP) is 4.35. The Labute approximate surface area is 117 Å². The molecule has 0 amide bonds. The number of benzene rings is 2. The monoisotopic (exact) mass is 262 g/mol. The van der Waals surface area contributed by atoms with Crippen LogP contribution in [0.3, 0.4) is 0 Å². The first-order valence-electron chi connectivity index (χ1n) is 6.91. The Bertz CT molecular complexity index is 784. The van der Waals surface area contributed by atoms with Crippen molar-refractivity contribution in [2.45, 2.75) is 18.8 Å². The Morgan fingerprint density at radius 2 is 1.65 bits per heavy atom. The van der Waals surface area contributed by atoms with Crippen LogP contribution in [0.25, 0.3) is 11.0 Å². The molecule has 1 heterocycles. The van der Waals surface area contributed by atoms with Crippen molar-refractivity contribution in [2.75, 3.05) is 0 Å². The van der Waals surface area contributed by atoms with Crippen molar-refractivity contribution in [2.24, 2.45) is 0 Å². The van der Waals surface area contributed by atoms with Crippen LogP contribution in [0.2, 0.25) is 0 Å². The van der Waals surface area contributed by atoms with Crippen molar-refractivity contribution in [3.05, 3.63) is 71.5 Å². The zero-order valence-corrected chi connectivity index (χ0v) is 11.0. The summed E-state index contributed by atoms with van der Waals surface area (Å²) in [5, 5.41) is 1.08. The van der Waals surface area contributed by atoms with Crippen LogP contribution >= 0.6 is 0 Å². The minimum Gasteiger partial charge on any atom is -0.453 e. The quantitative estimate of drug-likeness (QED) is 0.652. The van der Waals surface area contributed by atoms with Crippen LogP contribution in [0.4, 0.5) is 0 Å². The molecular formula is C18H14O2. The fourth-order valence-corrected chi connectivity index (χ4v) is 3.12. The van der Waals surface area contributed by atoms with Crippen molar-refractivity contribution in [3.8, 4) is 0 Å². The van der Waals surface area contributed by atoms with Gasteiger partial charge in [-0.15, -0.1) is 0 Å². The van der Waals surface area contributed by atoms with Crippen molar-refractivity contribution < 1.29 is 9.21 Å². The summed E-state index contributed by atoms with van der Waals surface area (Å²) in [6.07, 6.45) is 1.42. The molecule has 98 valence electrons. The van der Waals surface area contributed by atoms with Crippen molar-refractivity contribution in [3.63, 3.8) is 0 Å². The van der Waals surface area contributed by atoms with E-state index in [-0.39, 0.29) is 11.7 Å². The minimum atomic E-state index is 0.122. The second kappa shape index (κ2) is 4.34. The number of hydrogen-bond acceptors (Lipinski definition) is 2. The van der Waals surface area contributed by atoms with Crippen LogP contribution in [0.15, 0.2) is 59.0 Å². The van der Waals surface area contributed by atoms with Crippen molar-refractivity contribution in [1.82, 2.24) is 0 Å². The van der Waals surface area contributed by atoms with E-state index in [0.29, 0.717) is 12.2 Å². The Morgan fingerprint density at radius 1 is 0.900 bits per heavy atom. The third-order valence-electron chi connectivity index (χ3n) is 4.10. The number of carbonyl (C=O) groups excluding carboxylic acids is 1. The highest BCUT2D eigenvalue weighted by Gasteiger charge is 2.30. The van der Waals surface area contributed by atoms with Crippen LogP contribution in [-0.4, -0.2) is 5.78 Å². The average molecular weight is 262 g/mol. The zero-order chi connectivity index (χ0) is 13.5. The van der Waals surface area contributed by atoms with E-state index in [4.69, 9.17) is 4.42 Å².